The Bertz CT molecular complexity index is 411. The van der Waals surface area contributed by atoms with Crippen molar-refractivity contribution >= 4 is 11.4 Å². The Hall–Kier alpha value is -1.38. The molecule has 3 heteroatoms. The molecule has 1 fully saturated rings. The molecule has 0 radical (unpaired) electrons. The number of nitrogens with one attached hydrogen (secondary N) is 1. The van der Waals surface area contributed by atoms with Crippen LogP contribution in [0.3, 0.4) is 0 Å². The molecule has 0 bridgehead atoms. The van der Waals surface area contributed by atoms with Gasteiger partial charge in [-0.2, -0.15) is 0 Å². The van der Waals surface area contributed by atoms with Crippen LogP contribution in [0, 0.1) is 5.41 Å². The van der Waals surface area contributed by atoms with Crippen LogP contribution in [-0.4, -0.2) is 13.2 Å². The minimum absolute atomic E-state index is 0.423. The van der Waals surface area contributed by atoms with Crippen molar-refractivity contribution in [1.82, 2.24) is 0 Å². The quantitative estimate of drug-likeness (QED) is 0.760. The van der Waals surface area contributed by atoms with E-state index in [1.54, 1.807) is 0 Å². The minimum atomic E-state index is 0.423. The second-order valence-electron chi connectivity index (χ2n) is 5.94. The molecule has 1 aromatic carbocycles. The highest BCUT2D eigenvalue weighted by atomic mass is 16.5. The molecule has 0 aromatic heterocycles. The van der Waals surface area contributed by atoms with Crippen LogP contribution >= 0.6 is 0 Å². The van der Waals surface area contributed by atoms with Crippen molar-refractivity contribution in [3.63, 3.8) is 0 Å². The van der Waals surface area contributed by atoms with E-state index in [9.17, 15) is 0 Å². The largest absolute Gasteiger partial charge is 0.491 e. The summed E-state index contributed by atoms with van der Waals surface area (Å²) in [7, 11) is 0. The molecule has 1 aliphatic carbocycles. The molecule has 1 saturated carbocycles. The maximum atomic E-state index is 6.16. The van der Waals surface area contributed by atoms with Crippen LogP contribution in [0.1, 0.15) is 46.0 Å². The third kappa shape index (κ3) is 3.55. The molecule has 2 rings (SSSR count). The lowest BCUT2D eigenvalue weighted by Gasteiger charge is -2.25. The first-order valence-electron chi connectivity index (χ1n) is 7.40. The van der Waals surface area contributed by atoms with Crippen LogP contribution in [0.15, 0.2) is 18.2 Å². The topological polar surface area (TPSA) is 47.3 Å². The van der Waals surface area contributed by atoms with E-state index in [0.717, 1.165) is 30.1 Å². The monoisotopic (exact) mass is 262 g/mol. The fourth-order valence-corrected chi connectivity index (χ4v) is 2.75. The molecular formula is C16H26N2O. The van der Waals surface area contributed by atoms with Crippen LogP contribution < -0.4 is 15.8 Å². The summed E-state index contributed by atoms with van der Waals surface area (Å²) in [6.45, 7) is 6.17. The molecule has 0 unspecified atom stereocenters. The summed E-state index contributed by atoms with van der Waals surface area (Å²) in [5.74, 6) is 0.795. The van der Waals surface area contributed by atoms with E-state index in [4.69, 9.17) is 10.5 Å². The highest BCUT2D eigenvalue weighted by molar-refractivity contribution is 5.72. The number of ether oxygens (including phenoxy) is 1. The van der Waals surface area contributed by atoms with Crippen LogP contribution in [0.4, 0.5) is 11.4 Å². The van der Waals surface area contributed by atoms with Gasteiger partial charge in [0.15, 0.2) is 0 Å². The third-order valence-corrected chi connectivity index (χ3v) is 4.04. The molecule has 0 amide bonds. The maximum absolute atomic E-state index is 6.16. The van der Waals surface area contributed by atoms with Gasteiger partial charge in [-0.15, -0.1) is 0 Å². The molecule has 3 N–H and O–H groups in total. The van der Waals surface area contributed by atoms with Gasteiger partial charge in [0.1, 0.15) is 5.75 Å². The van der Waals surface area contributed by atoms with Gasteiger partial charge >= 0.3 is 0 Å². The molecule has 0 spiro atoms. The molecule has 0 saturated heterocycles. The maximum Gasteiger partial charge on any atom is 0.144 e. The molecule has 0 heterocycles. The molecule has 1 aromatic rings. The summed E-state index contributed by atoms with van der Waals surface area (Å²) in [5.41, 5.74) is 8.32. The number of para-hydroxylation sites is 1. The van der Waals surface area contributed by atoms with Gasteiger partial charge in [-0.05, 0) is 36.8 Å². The highest BCUT2D eigenvalue weighted by Gasteiger charge is 2.28. The van der Waals surface area contributed by atoms with Gasteiger partial charge in [0.2, 0.25) is 0 Å². The molecule has 0 atom stereocenters. The van der Waals surface area contributed by atoms with Gasteiger partial charge in [0.25, 0.3) is 0 Å². The van der Waals surface area contributed by atoms with E-state index in [1.807, 2.05) is 18.2 Å². The van der Waals surface area contributed by atoms with Crippen molar-refractivity contribution in [2.45, 2.75) is 46.0 Å². The van der Waals surface area contributed by atoms with Crippen molar-refractivity contribution in [3.05, 3.63) is 18.2 Å². The van der Waals surface area contributed by atoms with Crippen LogP contribution in [-0.2, 0) is 0 Å². The van der Waals surface area contributed by atoms with E-state index in [-0.39, 0.29) is 0 Å². The van der Waals surface area contributed by atoms with Gasteiger partial charge in [0.05, 0.1) is 18.0 Å². The molecule has 19 heavy (non-hydrogen) atoms. The molecule has 3 nitrogen and oxygen atoms in total. The highest BCUT2D eigenvalue weighted by Crippen LogP contribution is 2.38. The number of hydrogen-bond acceptors (Lipinski definition) is 3. The first-order chi connectivity index (χ1) is 9.14. The first-order valence-corrected chi connectivity index (χ1v) is 7.40. The van der Waals surface area contributed by atoms with Gasteiger partial charge < -0.3 is 15.8 Å². The number of nitrogens with two attached hydrogens (primary N) is 1. The van der Waals surface area contributed by atoms with Crippen LogP contribution in [0.25, 0.3) is 0 Å². The molecule has 1 aliphatic rings. The predicted octanol–water partition coefficient (Wildman–Crippen LogP) is 4.05. The fourth-order valence-electron chi connectivity index (χ4n) is 2.75. The van der Waals surface area contributed by atoms with Gasteiger partial charge in [-0.1, -0.05) is 32.8 Å². The summed E-state index contributed by atoms with van der Waals surface area (Å²) in [6, 6.07) is 5.97. The zero-order valence-electron chi connectivity index (χ0n) is 12.2. The molecule has 106 valence electrons. The normalized spacial score (nSPS) is 17.4. The minimum Gasteiger partial charge on any atom is -0.491 e. The standard InChI is InChI=1S/C16H26N2O/c1-3-11-19-14-8-6-7-13(15(14)17)18-12-16(2)9-4-5-10-16/h6-8,18H,3-5,9-12,17H2,1-2H3. The van der Waals surface area contributed by atoms with Crippen molar-refractivity contribution in [1.29, 1.82) is 0 Å². The van der Waals surface area contributed by atoms with Crippen molar-refractivity contribution in [2.24, 2.45) is 5.41 Å². The van der Waals surface area contributed by atoms with E-state index in [2.05, 4.69) is 19.2 Å². The zero-order chi connectivity index (χ0) is 13.7. The van der Waals surface area contributed by atoms with Gasteiger partial charge in [-0.3, -0.25) is 0 Å². The second-order valence-corrected chi connectivity index (χ2v) is 5.94. The predicted molar refractivity (Wildman–Crippen MR) is 81.7 cm³/mol. The number of hydrogen-bond donors (Lipinski definition) is 2. The number of nitrogen functional groups attached to an aromatic ring is 1. The van der Waals surface area contributed by atoms with E-state index in [0.29, 0.717) is 12.0 Å². The smallest absolute Gasteiger partial charge is 0.144 e. The fraction of sp³-hybridized carbons (Fsp3) is 0.625. The number of benzene rings is 1. The van der Waals surface area contributed by atoms with E-state index >= 15 is 0 Å². The zero-order valence-corrected chi connectivity index (χ0v) is 12.2. The van der Waals surface area contributed by atoms with Crippen molar-refractivity contribution in [3.8, 4) is 5.75 Å². The molecule has 0 aliphatic heterocycles. The van der Waals surface area contributed by atoms with Crippen LogP contribution in [0.2, 0.25) is 0 Å². The Morgan fingerprint density at radius 2 is 2.05 bits per heavy atom. The lowest BCUT2D eigenvalue weighted by atomic mass is 9.89. The summed E-state index contributed by atoms with van der Waals surface area (Å²) in [5, 5.41) is 3.51. The Balaban J connectivity index is 1.99. The second kappa shape index (κ2) is 6.18. The Morgan fingerprint density at radius 1 is 1.32 bits per heavy atom. The number of rotatable bonds is 6. The van der Waals surface area contributed by atoms with E-state index < -0.39 is 0 Å². The summed E-state index contributed by atoms with van der Waals surface area (Å²) in [4.78, 5) is 0. The van der Waals surface area contributed by atoms with Crippen molar-refractivity contribution < 1.29 is 4.74 Å². The summed E-state index contributed by atoms with van der Waals surface area (Å²) in [6.07, 6.45) is 6.33. The van der Waals surface area contributed by atoms with Gasteiger partial charge in [0, 0.05) is 6.54 Å². The van der Waals surface area contributed by atoms with Crippen molar-refractivity contribution in [2.75, 3.05) is 24.2 Å². The first kappa shape index (κ1) is 14.0. The van der Waals surface area contributed by atoms with E-state index in [1.165, 1.54) is 25.7 Å². The van der Waals surface area contributed by atoms with Gasteiger partial charge in [-0.25, -0.2) is 0 Å². The number of anilines is 2. The summed E-state index contributed by atoms with van der Waals surface area (Å²) < 4.78 is 5.66. The Morgan fingerprint density at radius 3 is 2.74 bits per heavy atom. The SMILES string of the molecule is CCCOc1cccc(NCC2(C)CCCC2)c1N. The lowest BCUT2D eigenvalue weighted by molar-refractivity contribution is 0.319. The average molecular weight is 262 g/mol. The Kier molecular flexibility index (Phi) is 4.56. The summed E-state index contributed by atoms with van der Waals surface area (Å²) >= 11 is 0. The Labute approximate surface area is 116 Å². The average Bonchev–Trinajstić information content (AvgIpc) is 2.84. The lowest BCUT2D eigenvalue weighted by Crippen LogP contribution is -2.23. The third-order valence-electron chi connectivity index (χ3n) is 4.04. The van der Waals surface area contributed by atoms with Crippen LogP contribution in [0.5, 0.6) is 5.75 Å². The molecular weight excluding hydrogens is 236 g/mol.